The van der Waals surface area contributed by atoms with Gasteiger partial charge in [0.05, 0.1) is 6.20 Å². The molecule has 128 valence electrons. The Hall–Kier alpha value is -1.88. The molecule has 0 N–H and O–H groups in total. The first-order valence-corrected chi connectivity index (χ1v) is 9.10. The van der Waals surface area contributed by atoms with Crippen LogP contribution in [0.15, 0.2) is 29.0 Å². The fourth-order valence-electron chi connectivity index (χ4n) is 3.91. The summed E-state index contributed by atoms with van der Waals surface area (Å²) in [7, 11) is 0. The van der Waals surface area contributed by atoms with E-state index >= 15 is 0 Å². The molecule has 0 saturated heterocycles. The molecule has 3 heterocycles. The van der Waals surface area contributed by atoms with Gasteiger partial charge >= 0.3 is 0 Å². The number of pyridine rings is 1. The molecule has 2 aliphatic rings. The molecule has 24 heavy (non-hydrogen) atoms. The number of rotatable bonds is 5. The van der Waals surface area contributed by atoms with E-state index in [1.54, 1.807) is 12.4 Å². The predicted molar refractivity (Wildman–Crippen MR) is 90.6 cm³/mol. The molecule has 1 fully saturated rings. The van der Waals surface area contributed by atoms with E-state index in [4.69, 9.17) is 9.26 Å². The highest BCUT2D eigenvalue weighted by molar-refractivity contribution is 5.26. The Labute approximate surface area is 143 Å². The van der Waals surface area contributed by atoms with Crippen molar-refractivity contribution in [2.45, 2.75) is 51.7 Å². The summed E-state index contributed by atoms with van der Waals surface area (Å²) in [6.07, 6.45) is 11.4. The lowest BCUT2D eigenvalue weighted by Crippen LogP contribution is -2.35. The van der Waals surface area contributed by atoms with Gasteiger partial charge in [0.25, 0.3) is 0 Å². The van der Waals surface area contributed by atoms with Crippen molar-refractivity contribution in [3.63, 3.8) is 0 Å². The van der Waals surface area contributed by atoms with Gasteiger partial charge < -0.3 is 9.26 Å². The van der Waals surface area contributed by atoms with Crippen LogP contribution in [0.4, 0.5) is 0 Å². The standard InChI is InChI=1S/C19H25N3O2/c1-2-5-15(6-3-1)12-22-10-8-19-17(13-22)18(21-24-19)14-23-16-7-4-9-20-11-16/h4,7,9,11,15H,1-3,5-6,8,10,12-14H2. The Morgan fingerprint density at radius 2 is 2.17 bits per heavy atom. The Kier molecular flexibility index (Phi) is 4.78. The second-order valence-electron chi connectivity index (χ2n) is 7.00. The van der Waals surface area contributed by atoms with Crippen LogP contribution < -0.4 is 4.74 Å². The highest BCUT2D eigenvalue weighted by Gasteiger charge is 2.26. The van der Waals surface area contributed by atoms with Crippen molar-refractivity contribution in [3.8, 4) is 5.75 Å². The Morgan fingerprint density at radius 1 is 1.25 bits per heavy atom. The first-order chi connectivity index (χ1) is 11.9. The summed E-state index contributed by atoms with van der Waals surface area (Å²) in [5, 5.41) is 4.25. The number of ether oxygens (including phenoxy) is 1. The summed E-state index contributed by atoms with van der Waals surface area (Å²) < 4.78 is 11.3. The third-order valence-electron chi connectivity index (χ3n) is 5.24. The smallest absolute Gasteiger partial charge is 0.142 e. The molecule has 0 unspecified atom stereocenters. The van der Waals surface area contributed by atoms with Gasteiger partial charge in [0.1, 0.15) is 23.8 Å². The molecule has 1 saturated carbocycles. The average molecular weight is 327 g/mol. The molecule has 0 bridgehead atoms. The summed E-state index contributed by atoms with van der Waals surface area (Å²) in [5.41, 5.74) is 2.17. The Morgan fingerprint density at radius 3 is 3.00 bits per heavy atom. The van der Waals surface area contributed by atoms with E-state index in [-0.39, 0.29) is 0 Å². The van der Waals surface area contributed by atoms with Gasteiger partial charge in [-0.25, -0.2) is 0 Å². The second-order valence-corrected chi connectivity index (χ2v) is 7.00. The fourth-order valence-corrected chi connectivity index (χ4v) is 3.91. The molecule has 5 nitrogen and oxygen atoms in total. The van der Waals surface area contributed by atoms with Crippen molar-refractivity contribution >= 4 is 0 Å². The zero-order chi connectivity index (χ0) is 16.2. The minimum Gasteiger partial charge on any atom is -0.486 e. The van der Waals surface area contributed by atoms with E-state index in [0.29, 0.717) is 6.61 Å². The molecule has 0 aromatic carbocycles. The molecule has 5 heteroatoms. The van der Waals surface area contributed by atoms with Crippen molar-refractivity contribution < 1.29 is 9.26 Å². The average Bonchev–Trinajstić information content (AvgIpc) is 3.04. The molecule has 0 spiro atoms. The van der Waals surface area contributed by atoms with Gasteiger partial charge in [0.15, 0.2) is 0 Å². The van der Waals surface area contributed by atoms with Gasteiger partial charge in [0.2, 0.25) is 0 Å². The molecule has 4 rings (SSSR count). The van der Waals surface area contributed by atoms with Crippen LogP contribution in [-0.4, -0.2) is 28.1 Å². The van der Waals surface area contributed by atoms with Gasteiger partial charge in [0, 0.05) is 37.8 Å². The molecular formula is C19H25N3O2. The van der Waals surface area contributed by atoms with Gasteiger partial charge in [-0.15, -0.1) is 0 Å². The zero-order valence-corrected chi connectivity index (χ0v) is 14.1. The number of hydrogen-bond donors (Lipinski definition) is 0. The van der Waals surface area contributed by atoms with Crippen LogP contribution in [0, 0.1) is 5.92 Å². The monoisotopic (exact) mass is 327 g/mol. The van der Waals surface area contributed by atoms with Crippen LogP contribution in [0.1, 0.15) is 49.1 Å². The van der Waals surface area contributed by atoms with Crippen molar-refractivity contribution in [3.05, 3.63) is 41.5 Å². The molecule has 0 amide bonds. The van der Waals surface area contributed by atoms with Crippen molar-refractivity contribution in [2.24, 2.45) is 5.92 Å². The van der Waals surface area contributed by atoms with Gasteiger partial charge in [-0.2, -0.15) is 0 Å². The lowest BCUT2D eigenvalue weighted by atomic mass is 9.88. The summed E-state index contributed by atoms with van der Waals surface area (Å²) in [5.74, 6) is 2.68. The van der Waals surface area contributed by atoms with E-state index in [2.05, 4.69) is 15.0 Å². The largest absolute Gasteiger partial charge is 0.486 e. The molecule has 2 aromatic rings. The number of aromatic nitrogens is 2. The molecule has 0 radical (unpaired) electrons. The molecule has 1 aliphatic carbocycles. The lowest BCUT2D eigenvalue weighted by Gasteiger charge is -2.31. The van der Waals surface area contributed by atoms with E-state index in [0.717, 1.165) is 42.6 Å². The van der Waals surface area contributed by atoms with E-state index in [1.165, 1.54) is 44.2 Å². The number of hydrogen-bond acceptors (Lipinski definition) is 5. The van der Waals surface area contributed by atoms with E-state index < -0.39 is 0 Å². The summed E-state index contributed by atoms with van der Waals surface area (Å²) >= 11 is 0. The molecular weight excluding hydrogens is 302 g/mol. The van der Waals surface area contributed by atoms with Crippen molar-refractivity contribution in [1.29, 1.82) is 0 Å². The van der Waals surface area contributed by atoms with Gasteiger partial charge in [-0.1, -0.05) is 24.4 Å². The first-order valence-electron chi connectivity index (χ1n) is 9.10. The van der Waals surface area contributed by atoms with Crippen LogP contribution in [0.3, 0.4) is 0 Å². The quantitative estimate of drug-likeness (QED) is 0.840. The number of nitrogens with zero attached hydrogens (tertiary/aromatic N) is 3. The van der Waals surface area contributed by atoms with Crippen LogP contribution in [0.5, 0.6) is 5.75 Å². The molecule has 0 atom stereocenters. The third-order valence-corrected chi connectivity index (χ3v) is 5.24. The highest BCUT2D eigenvalue weighted by Crippen LogP contribution is 2.28. The van der Waals surface area contributed by atoms with Crippen LogP contribution in [0.2, 0.25) is 0 Å². The maximum Gasteiger partial charge on any atom is 0.142 e. The molecule has 2 aromatic heterocycles. The summed E-state index contributed by atoms with van der Waals surface area (Å²) in [6, 6.07) is 3.79. The minimum absolute atomic E-state index is 0.446. The zero-order valence-electron chi connectivity index (χ0n) is 14.1. The summed E-state index contributed by atoms with van der Waals surface area (Å²) in [6.45, 7) is 3.69. The normalized spacial score (nSPS) is 19.2. The topological polar surface area (TPSA) is 51.4 Å². The van der Waals surface area contributed by atoms with Crippen LogP contribution in [0.25, 0.3) is 0 Å². The van der Waals surface area contributed by atoms with Crippen molar-refractivity contribution in [2.75, 3.05) is 13.1 Å². The van der Waals surface area contributed by atoms with Crippen molar-refractivity contribution in [1.82, 2.24) is 15.0 Å². The second kappa shape index (κ2) is 7.34. The predicted octanol–water partition coefficient (Wildman–Crippen LogP) is 3.59. The molecule has 1 aliphatic heterocycles. The van der Waals surface area contributed by atoms with Gasteiger partial charge in [-0.3, -0.25) is 9.88 Å². The Bertz CT molecular complexity index is 650. The maximum atomic E-state index is 5.80. The van der Waals surface area contributed by atoms with E-state index in [9.17, 15) is 0 Å². The third kappa shape index (κ3) is 3.61. The minimum atomic E-state index is 0.446. The Balaban J connectivity index is 1.38. The first kappa shape index (κ1) is 15.6. The lowest BCUT2D eigenvalue weighted by molar-refractivity contribution is 0.179. The van der Waals surface area contributed by atoms with Gasteiger partial charge in [-0.05, 0) is 30.9 Å². The summed E-state index contributed by atoms with van der Waals surface area (Å²) in [4.78, 5) is 6.64. The van der Waals surface area contributed by atoms with Crippen LogP contribution in [-0.2, 0) is 19.6 Å². The SMILES string of the molecule is c1cncc(OCc2noc3c2CN(CC2CCCCC2)CC3)c1. The number of fused-ring (bicyclic) bond motifs is 1. The van der Waals surface area contributed by atoms with E-state index in [1.807, 2.05) is 12.1 Å². The highest BCUT2D eigenvalue weighted by atomic mass is 16.5. The fraction of sp³-hybridized carbons (Fsp3) is 0.579. The maximum absolute atomic E-state index is 5.80. The van der Waals surface area contributed by atoms with Crippen LogP contribution >= 0.6 is 0 Å².